The van der Waals surface area contributed by atoms with Gasteiger partial charge in [-0.1, -0.05) is 12.1 Å². The molecule has 1 aliphatic heterocycles. The number of amides is 1. The molecular weight excluding hydrogens is 270 g/mol. The predicted octanol–water partition coefficient (Wildman–Crippen LogP) is 1.27. The Balaban J connectivity index is 1.81. The number of hydrogen-bond donors (Lipinski definition) is 1. The molecule has 1 heterocycles. The first-order valence-corrected chi connectivity index (χ1v) is 8.21. The van der Waals surface area contributed by atoms with E-state index in [0.717, 1.165) is 32.7 Å². The highest BCUT2D eigenvalue weighted by atomic mass is 32.2. The van der Waals surface area contributed by atoms with Gasteiger partial charge in [-0.2, -0.15) is 0 Å². The maximum absolute atomic E-state index is 12.2. The van der Waals surface area contributed by atoms with Gasteiger partial charge in [-0.15, -0.1) is 11.8 Å². The van der Waals surface area contributed by atoms with Crippen LogP contribution in [-0.4, -0.2) is 61.7 Å². The van der Waals surface area contributed by atoms with Crippen molar-refractivity contribution in [1.82, 2.24) is 15.1 Å². The monoisotopic (exact) mass is 293 g/mol. The standard InChI is InChI=1S/C15H23N3OS/c1-17(11-13-3-5-14(20-2)6-4-13)12-15(19)18-9-7-16-8-10-18/h3-6,16H,7-12H2,1-2H3. The fourth-order valence-corrected chi connectivity index (χ4v) is 2.75. The van der Waals surface area contributed by atoms with Crippen molar-refractivity contribution in [3.05, 3.63) is 29.8 Å². The first-order chi connectivity index (χ1) is 9.69. The summed E-state index contributed by atoms with van der Waals surface area (Å²) < 4.78 is 0. The molecule has 0 bridgehead atoms. The zero-order valence-corrected chi connectivity index (χ0v) is 13.1. The van der Waals surface area contributed by atoms with E-state index in [1.54, 1.807) is 11.8 Å². The van der Waals surface area contributed by atoms with E-state index in [2.05, 4.69) is 40.7 Å². The highest BCUT2D eigenvalue weighted by Crippen LogP contribution is 2.15. The molecule has 0 atom stereocenters. The van der Waals surface area contributed by atoms with Gasteiger partial charge >= 0.3 is 0 Å². The van der Waals surface area contributed by atoms with E-state index >= 15 is 0 Å². The fraction of sp³-hybridized carbons (Fsp3) is 0.533. The van der Waals surface area contributed by atoms with Crippen LogP contribution in [0.15, 0.2) is 29.2 Å². The minimum atomic E-state index is 0.231. The molecule has 2 rings (SSSR count). The van der Waals surface area contributed by atoms with Crippen molar-refractivity contribution in [2.75, 3.05) is 46.0 Å². The van der Waals surface area contributed by atoms with Crippen LogP contribution < -0.4 is 5.32 Å². The maximum atomic E-state index is 12.2. The topological polar surface area (TPSA) is 35.6 Å². The van der Waals surface area contributed by atoms with Crippen LogP contribution in [0.25, 0.3) is 0 Å². The molecule has 1 amide bonds. The number of nitrogens with zero attached hydrogens (tertiary/aromatic N) is 2. The second-order valence-corrected chi connectivity index (χ2v) is 6.03. The molecule has 0 aromatic heterocycles. The third kappa shape index (κ3) is 4.51. The molecular formula is C15H23N3OS. The van der Waals surface area contributed by atoms with Gasteiger partial charge in [-0.25, -0.2) is 0 Å². The highest BCUT2D eigenvalue weighted by molar-refractivity contribution is 7.98. The number of likely N-dealkylation sites (N-methyl/N-ethyl adjacent to an activating group) is 1. The third-order valence-corrected chi connectivity index (χ3v) is 4.23. The smallest absolute Gasteiger partial charge is 0.236 e. The van der Waals surface area contributed by atoms with Crippen molar-refractivity contribution in [2.45, 2.75) is 11.4 Å². The van der Waals surface area contributed by atoms with Crippen molar-refractivity contribution in [2.24, 2.45) is 0 Å². The number of piperazine rings is 1. The number of carbonyl (C=O) groups excluding carboxylic acids is 1. The molecule has 1 aliphatic rings. The normalized spacial score (nSPS) is 15.7. The summed E-state index contributed by atoms with van der Waals surface area (Å²) >= 11 is 1.75. The van der Waals surface area contributed by atoms with Crippen LogP contribution >= 0.6 is 11.8 Å². The molecule has 1 N–H and O–H groups in total. The Labute approximate surface area is 125 Å². The lowest BCUT2D eigenvalue weighted by atomic mass is 10.2. The zero-order chi connectivity index (χ0) is 14.4. The minimum Gasteiger partial charge on any atom is -0.339 e. The molecule has 5 heteroatoms. The fourth-order valence-electron chi connectivity index (χ4n) is 2.34. The van der Waals surface area contributed by atoms with E-state index in [-0.39, 0.29) is 5.91 Å². The molecule has 0 saturated carbocycles. The molecule has 0 spiro atoms. The number of thioether (sulfide) groups is 1. The molecule has 1 fully saturated rings. The van der Waals surface area contributed by atoms with Crippen LogP contribution in [0.3, 0.4) is 0 Å². The quantitative estimate of drug-likeness (QED) is 0.830. The Morgan fingerprint density at radius 2 is 1.95 bits per heavy atom. The molecule has 1 saturated heterocycles. The van der Waals surface area contributed by atoms with Gasteiger partial charge in [0.2, 0.25) is 5.91 Å². The van der Waals surface area contributed by atoms with Gasteiger partial charge < -0.3 is 10.2 Å². The summed E-state index contributed by atoms with van der Waals surface area (Å²) in [7, 11) is 2.00. The Hall–Kier alpha value is -1.04. The highest BCUT2D eigenvalue weighted by Gasteiger charge is 2.17. The van der Waals surface area contributed by atoms with Gasteiger partial charge in [0.05, 0.1) is 6.54 Å². The summed E-state index contributed by atoms with van der Waals surface area (Å²) in [5, 5.41) is 3.26. The van der Waals surface area contributed by atoms with Crippen LogP contribution in [0.4, 0.5) is 0 Å². The molecule has 110 valence electrons. The molecule has 0 aliphatic carbocycles. The van der Waals surface area contributed by atoms with Gasteiger partial charge in [-0.05, 0) is 31.0 Å². The van der Waals surface area contributed by atoms with E-state index in [1.807, 2.05) is 11.9 Å². The van der Waals surface area contributed by atoms with Crippen molar-refractivity contribution >= 4 is 17.7 Å². The molecule has 1 aromatic carbocycles. The first-order valence-electron chi connectivity index (χ1n) is 6.99. The summed E-state index contributed by atoms with van der Waals surface area (Å²) in [5.41, 5.74) is 1.25. The van der Waals surface area contributed by atoms with Crippen LogP contribution in [0.1, 0.15) is 5.56 Å². The van der Waals surface area contributed by atoms with Crippen LogP contribution in [0.2, 0.25) is 0 Å². The van der Waals surface area contributed by atoms with Crippen LogP contribution in [0.5, 0.6) is 0 Å². The molecule has 0 unspecified atom stereocenters. The van der Waals surface area contributed by atoms with Gasteiger partial charge in [0, 0.05) is 37.6 Å². The summed E-state index contributed by atoms with van der Waals surface area (Å²) in [4.78, 5) is 17.5. The van der Waals surface area contributed by atoms with E-state index in [0.29, 0.717) is 6.54 Å². The summed E-state index contributed by atoms with van der Waals surface area (Å²) in [6.07, 6.45) is 2.08. The molecule has 4 nitrogen and oxygen atoms in total. The number of hydrogen-bond acceptors (Lipinski definition) is 4. The second kappa shape index (κ2) is 7.67. The lowest BCUT2D eigenvalue weighted by molar-refractivity contribution is -0.132. The number of benzene rings is 1. The zero-order valence-electron chi connectivity index (χ0n) is 12.3. The van der Waals surface area contributed by atoms with Crippen molar-refractivity contribution in [3.63, 3.8) is 0 Å². The van der Waals surface area contributed by atoms with Crippen LogP contribution in [0, 0.1) is 0 Å². The number of nitrogens with one attached hydrogen (secondary N) is 1. The third-order valence-electron chi connectivity index (χ3n) is 3.49. The van der Waals surface area contributed by atoms with Gasteiger partial charge in [0.1, 0.15) is 0 Å². The lowest BCUT2D eigenvalue weighted by Gasteiger charge is -2.29. The largest absolute Gasteiger partial charge is 0.339 e. The SMILES string of the molecule is CSc1ccc(CN(C)CC(=O)N2CCNCC2)cc1. The van der Waals surface area contributed by atoms with E-state index < -0.39 is 0 Å². The summed E-state index contributed by atoms with van der Waals surface area (Å²) in [6, 6.07) is 8.53. The molecule has 20 heavy (non-hydrogen) atoms. The average Bonchev–Trinajstić information content (AvgIpc) is 2.49. The van der Waals surface area contributed by atoms with Gasteiger partial charge in [0.25, 0.3) is 0 Å². The predicted molar refractivity (Wildman–Crippen MR) is 84.0 cm³/mol. The summed E-state index contributed by atoms with van der Waals surface area (Å²) in [6.45, 7) is 4.78. The van der Waals surface area contributed by atoms with Crippen LogP contribution in [-0.2, 0) is 11.3 Å². The minimum absolute atomic E-state index is 0.231. The van der Waals surface area contributed by atoms with Crippen molar-refractivity contribution in [3.8, 4) is 0 Å². The number of carbonyl (C=O) groups is 1. The van der Waals surface area contributed by atoms with E-state index in [4.69, 9.17) is 0 Å². The second-order valence-electron chi connectivity index (χ2n) is 5.15. The van der Waals surface area contributed by atoms with Gasteiger partial charge in [0.15, 0.2) is 0 Å². The molecule has 0 radical (unpaired) electrons. The van der Waals surface area contributed by atoms with Crippen molar-refractivity contribution < 1.29 is 4.79 Å². The first kappa shape index (κ1) is 15.4. The maximum Gasteiger partial charge on any atom is 0.236 e. The lowest BCUT2D eigenvalue weighted by Crippen LogP contribution is -2.49. The Morgan fingerprint density at radius 3 is 2.55 bits per heavy atom. The molecule has 1 aromatic rings. The Morgan fingerprint density at radius 1 is 1.30 bits per heavy atom. The Bertz CT molecular complexity index is 429. The average molecular weight is 293 g/mol. The number of rotatable bonds is 5. The van der Waals surface area contributed by atoms with Gasteiger partial charge in [-0.3, -0.25) is 9.69 Å². The van der Waals surface area contributed by atoms with Crippen molar-refractivity contribution in [1.29, 1.82) is 0 Å². The summed E-state index contributed by atoms with van der Waals surface area (Å²) in [5.74, 6) is 0.231. The van der Waals surface area contributed by atoms with E-state index in [1.165, 1.54) is 10.5 Å². The van der Waals surface area contributed by atoms with E-state index in [9.17, 15) is 4.79 Å². The Kier molecular flexibility index (Phi) is 5.88.